The van der Waals surface area contributed by atoms with Crippen molar-refractivity contribution in [2.45, 2.75) is 47.1 Å². The Hall–Kier alpha value is -2.66. The number of ether oxygens (including phenoxy) is 2. The van der Waals surface area contributed by atoms with Crippen molar-refractivity contribution < 1.29 is 18.7 Å². The molecule has 3 nitrogen and oxygen atoms in total. The maximum Gasteiger partial charge on any atom is 0.345 e. The molecule has 3 aromatic rings. The second-order valence-corrected chi connectivity index (χ2v) is 10.4. The highest BCUT2D eigenvalue weighted by Gasteiger charge is 2.26. The van der Waals surface area contributed by atoms with Crippen LogP contribution in [0.5, 0.6) is 5.75 Å². The van der Waals surface area contributed by atoms with Gasteiger partial charge in [0, 0.05) is 36.5 Å². The second kappa shape index (κ2) is 8.60. The van der Waals surface area contributed by atoms with E-state index >= 15 is 0 Å². The Labute approximate surface area is 180 Å². The first-order valence-electron chi connectivity index (χ1n) is 9.90. The molecule has 0 amide bonds. The van der Waals surface area contributed by atoms with E-state index in [0.29, 0.717) is 5.75 Å². The van der Waals surface area contributed by atoms with Crippen LogP contribution in [-0.2, 0) is 15.1 Å². The third-order valence-corrected chi connectivity index (χ3v) is 7.38. The fourth-order valence-electron chi connectivity index (χ4n) is 3.61. The van der Waals surface area contributed by atoms with Crippen LogP contribution in [0.2, 0.25) is 0 Å². The number of carbonyl (C=O) groups is 1. The van der Waals surface area contributed by atoms with E-state index in [9.17, 15) is 9.18 Å². The van der Waals surface area contributed by atoms with E-state index in [2.05, 4.69) is 38.1 Å². The zero-order chi connectivity index (χ0) is 22.1. The average Bonchev–Trinajstić information content (AvgIpc) is 2.99. The Morgan fingerprint density at radius 2 is 1.47 bits per heavy atom. The van der Waals surface area contributed by atoms with Crippen LogP contribution in [0, 0.1) is 33.5 Å². The van der Waals surface area contributed by atoms with Gasteiger partial charge in [0.2, 0.25) is 0 Å². The topological polar surface area (TPSA) is 35.5 Å². The number of aryl methyl sites for hydroxylation is 4. The third-order valence-electron chi connectivity index (χ3n) is 5.11. The lowest BCUT2D eigenvalue weighted by Crippen LogP contribution is -2.28. The van der Waals surface area contributed by atoms with E-state index in [4.69, 9.17) is 9.47 Å². The molecule has 0 fully saturated rings. The number of hydrogen-bond donors (Lipinski definition) is 0. The smallest absolute Gasteiger partial charge is 0.345 e. The summed E-state index contributed by atoms with van der Waals surface area (Å²) in [7, 11) is -0.00973. The van der Waals surface area contributed by atoms with Crippen molar-refractivity contribution in [1.29, 1.82) is 0 Å². The van der Waals surface area contributed by atoms with Gasteiger partial charge in [0.05, 0.1) is 0 Å². The molecule has 3 rings (SSSR count). The van der Waals surface area contributed by atoms with Crippen LogP contribution >= 0.6 is 10.5 Å². The number of esters is 1. The summed E-state index contributed by atoms with van der Waals surface area (Å²) < 4.78 is 24.6. The molecular formula is C25H28FO3S+. The summed E-state index contributed by atoms with van der Waals surface area (Å²) in [5.41, 5.74) is 1.84. The van der Waals surface area contributed by atoms with Crippen molar-refractivity contribution in [3.05, 3.63) is 80.8 Å². The first-order chi connectivity index (χ1) is 14.1. The predicted molar refractivity (Wildman–Crippen MR) is 120 cm³/mol. The molecular weight excluding hydrogens is 399 g/mol. The highest BCUT2D eigenvalue weighted by atomic mass is 32.2. The number of halogens is 1. The number of hydrogen-bond acceptors (Lipinski definition) is 3. The van der Waals surface area contributed by atoms with Gasteiger partial charge in [-0.2, -0.15) is 0 Å². The van der Waals surface area contributed by atoms with Crippen molar-refractivity contribution >= 4 is 16.4 Å². The molecule has 0 spiro atoms. The first kappa shape index (κ1) is 22.0. The summed E-state index contributed by atoms with van der Waals surface area (Å²) in [5.74, 6) is -0.0861. The highest BCUT2D eigenvalue weighted by molar-refractivity contribution is 7.39. The van der Waals surface area contributed by atoms with Crippen LogP contribution in [0.15, 0.2) is 48.5 Å². The van der Waals surface area contributed by atoms with Gasteiger partial charge < -0.3 is 9.47 Å². The molecule has 30 heavy (non-hydrogen) atoms. The maximum absolute atomic E-state index is 13.2. The number of carbonyl (C=O) groups excluding carboxylic acids is 1. The molecule has 158 valence electrons. The normalized spacial score (nSPS) is 11.4. The van der Waals surface area contributed by atoms with Crippen LogP contribution < -0.4 is 4.74 Å². The van der Waals surface area contributed by atoms with Gasteiger partial charge >= 0.3 is 5.97 Å². The molecule has 0 aliphatic carbocycles. The van der Waals surface area contributed by atoms with Gasteiger partial charge in [-0.15, -0.1) is 0 Å². The summed E-state index contributed by atoms with van der Waals surface area (Å²) in [4.78, 5) is 16.4. The number of thiophene rings is 1. The summed E-state index contributed by atoms with van der Waals surface area (Å²) in [6, 6.07) is 14.6. The summed E-state index contributed by atoms with van der Waals surface area (Å²) in [5, 5.41) is 0. The summed E-state index contributed by atoms with van der Waals surface area (Å²) >= 11 is 0. The fourth-order valence-corrected chi connectivity index (χ4v) is 5.86. The molecule has 0 saturated heterocycles. The highest BCUT2D eigenvalue weighted by Crippen LogP contribution is 2.41. The van der Waals surface area contributed by atoms with Crippen LogP contribution in [0.4, 0.5) is 4.39 Å². The first-order valence-corrected chi connectivity index (χ1v) is 11.1. The lowest BCUT2D eigenvalue weighted by Gasteiger charge is -2.25. The lowest BCUT2D eigenvalue weighted by molar-refractivity contribution is -0.159. The van der Waals surface area contributed by atoms with Gasteiger partial charge in [-0.1, -0.05) is 12.1 Å². The van der Waals surface area contributed by atoms with E-state index in [0.717, 1.165) is 16.7 Å². The summed E-state index contributed by atoms with van der Waals surface area (Å²) in [6.45, 7) is 11.7. The minimum absolute atomic E-state index is 0.00973. The Balaban J connectivity index is 1.71. The van der Waals surface area contributed by atoms with Crippen LogP contribution in [0.1, 0.15) is 40.3 Å². The number of benzene rings is 2. The molecule has 0 atom stereocenters. The van der Waals surface area contributed by atoms with E-state index in [-0.39, 0.29) is 22.9 Å². The number of rotatable bonds is 6. The molecule has 2 aromatic carbocycles. The maximum atomic E-state index is 13.2. The zero-order valence-corrected chi connectivity index (χ0v) is 19.2. The van der Waals surface area contributed by atoms with Gasteiger partial charge in [-0.05, 0) is 68.7 Å². The fraction of sp³-hybridized carbons (Fsp3) is 0.320. The standard InChI is InChI=1S/C25H28FO3S/c1-16-13-22(30-18(3)7-8-19(30)4)14-17(2)24(16)28-15-23(27)29-25(5,6)20-9-11-21(26)12-10-20/h7-14H,15H2,1-6H3/q+1. The van der Waals surface area contributed by atoms with Gasteiger partial charge in [0.1, 0.15) is 17.2 Å². The van der Waals surface area contributed by atoms with E-state index in [1.165, 1.54) is 26.8 Å². The quantitative estimate of drug-likeness (QED) is 0.326. The Morgan fingerprint density at radius 1 is 0.933 bits per heavy atom. The molecule has 5 heteroatoms. The second-order valence-electron chi connectivity index (χ2n) is 8.03. The largest absolute Gasteiger partial charge is 0.481 e. The molecule has 0 saturated carbocycles. The summed E-state index contributed by atoms with van der Waals surface area (Å²) in [6.07, 6.45) is 0. The van der Waals surface area contributed by atoms with Crippen LogP contribution in [-0.4, -0.2) is 12.6 Å². The van der Waals surface area contributed by atoms with Crippen LogP contribution in [0.25, 0.3) is 4.90 Å². The van der Waals surface area contributed by atoms with Gasteiger partial charge in [-0.3, -0.25) is 0 Å². The van der Waals surface area contributed by atoms with E-state index in [1.54, 1.807) is 26.0 Å². The minimum Gasteiger partial charge on any atom is -0.481 e. The van der Waals surface area contributed by atoms with E-state index in [1.807, 2.05) is 13.8 Å². The zero-order valence-electron chi connectivity index (χ0n) is 18.3. The van der Waals surface area contributed by atoms with Crippen molar-refractivity contribution in [3.8, 4) is 10.6 Å². The van der Waals surface area contributed by atoms with Crippen molar-refractivity contribution in [2.75, 3.05) is 6.61 Å². The monoisotopic (exact) mass is 427 g/mol. The van der Waals surface area contributed by atoms with Gasteiger partial charge in [0.25, 0.3) is 0 Å². The molecule has 0 bridgehead atoms. The molecule has 0 N–H and O–H groups in total. The molecule has 0 unspecified atom stereocenters. The molecule has 0 aliphatic rings. The predicted octanol–water partition coefficient (Wildman–Crippen LogP) is 6.65. The van der Waals surface area contributed by atoms with Crippen molar-refractivity contribution in [3.63, 3.8) is 0 Å². The van der Waals surface area contributed by atoms with Crippen LogP contribution in [0.3, 0.4) is 0 Å². The molecule has 1 heterocycles. The molecule has 0 aliphatic heterocycles. The molecule has 1 aromatic heterocycles. The molecule has 0 radical (unpaired) electrons. The third kappa shape index (κ3) is 4.73. The minimum atomic E-state index is -0.876. The Kier molecular flexibility index (Phi) is 6.32. The SMILES string of the molecule is Cc1cc(-[s+]2c(C)ccc2C)cc(C)c1OCC(=O)OC(C)(C)c1ccc(F)cc1. The van der Waals surface area contributed by atoms with Crippen molar-refractivity contribution in [2.24, 2.45) is 0 Å². The average molecular weight is 428 g/mol. The Morgan fingerprint density at radius 3 is 2.00 bits per heavy atom. The van der Waals surface area contributed by atoms with Gasteiger partial charge in [0.15, 0.2) is 21.3 Å². The Bertz CT molecular complexity index is 1020. The van der Waals surface area contributed by atoms with E-state index < -0.39 is 11.6 Å². The lowest BCUT2D eigenvalue weighted by atomic mass is 9.98. The van der Waals surface area contributed by atoms with Crippen molar-refractivity contribution in [1.82, 2.24) is 0 Å². The van der Waals surface area contributed by atoms with Gasteiger partial charge in [-0.25, -0.2) is 9.18 Å².